The molecule has 1 fully saturated rings. The molecule has 21 heavy (non-hydrogen) atoms. The van der Waals surface area contributed by atoms with Gasteiger partial charge in [-0.25, -0.2) is 0 Å². The number of fused-ring (bicyclic) bond motifs is 1. The van der Waals surface area contributed by atoms with E-state index in [-0.39, 0.29) is 18.3 Å². The number of hydrogen-bond acceptors (Lipinski definition) is 3. The largest absolute Gasteiger partial charge is 0.351 e. The molecule has 0 radical (unpaired) electrons. The second-order valence-electron chi connectivity index (χ2n) is 5.05. The van der Waals surface area contributed by atoms with Gasteiger partial charge in [-0.05, 0) is 35.9 Å². The number of nitrogens with one attached hydrogen (secondary N) is 2. The molecule has 0 spiro atoms. The SMILES string of the molecule is Cl.O=C(CSc1ccc2ccccc2c1)NC1CCNC1. The predicted molar refractivity (Wildman–Crippen MR) is 91.3 cm³/mol. The van der Waals surface area contributed by atoms with Crippen LogP contribution in [0.5, 0.6) is 0 Å². The van der Waals surface area contributed by atoms with Crippen LogP contribution in [0.15, 0.2) is 47.4 Å². The van der Waals surface area contributed by atoms with Crippen molar-refractivity contribution in [2.24, 2.45) is 0 Å². The van der Waals surface area contributed by atoms with Crippen molar-refractivity contribution in [2.75, 3.05) is 18.8 Å². The minimum absolute atomic E-state index is 0. The summed E-state index contributed by atoms with van der Waals surface area (Å²) in [4.78, 5) is 13.0. The van der Waals surface area contributed by atoms with E-state index in [0.29, 0.717) is 11.8 Å². The minimum atomic E-state index is 0. The van der Waals surface area contributed by atoms with E-state index in [0.717, 1.165) is 24.4 Å². The molecule has 2 aromatic rings. The van der Waals surface area contributed by atoms with E-state index in [1.54, 1.807) is 11.8 Å². The molecule has 0 saturated carbocycles. The van der Waals surface area contributed by atoms with E-state index in [1.165, 1.54) is 10.8 Å². The lowest BCUT2D eigenvalue weighted by Crippen LogP contribution is -2.37. The van der Waals surface area contributed by atoms with Gasteiger partial charge in [-0.15, -0.1) is 24.2 Å². The van der Waals surface area contributed by atoms with E-state index >= 15 is 0 Å². The highest BCUT2D eigenvalue weighted by molar-refractivity contribution is 8.00. The van der Waals surface area contributed by atoms with E-state index in [1.807, 2.05) is 12.1 Å². The molecule has 1 amide bonds. The summed E-state index contributed by atoms with van der Waals surface area (Å²) in [6.07, 6.45) is 1.03. The zero-order chi connectivity index (χ0) is 13.8. The van der Waals surface area contributed by atoms with Crippen LogP contribution in [-0.4, -0.2) is 30.8 Å². The first-order valence-electron chi connectivity index (χ1n) is 6.93. The van der Waals surface area contributed by atoms with Crippen LogP contribution in [0.4, 0.5) is 0 Å². The lowest BCUT2D eigenvalue weighted by Gasteiger charge is -2.11. The van der Waals surface area contributed by atoms with Crippen LogP contribution in [0.25, 0.3) is 10.8 Å². The van der Waals surface area contributed by atoms with Gasteiger partial charge in [-0.3, -0.25) is 4.79 Å². The molecule has 2 N–H and O–H groups in total. The fourth-order valence-corrected chi connectivity index (χ4v) is 3.21. The Morgan fingerprint density at radius 3 is 2.81 bits per heavy atom. The van der Waals surface area contributed by atoms with Crippen LogP contribution in [0.3, 0.4) is 0 Å². The lowest BCUT2D eigenvalue weighted by atomic mass is 10.1. The molecule has 1 heterocycles. The zero-order valence-electron chi connectivity index (χ0n) is 11.7. The molecule has 1 unspecified atom stereocenters. The molecule has 2 aromatic carbocycles. The molecule has 0 aliphatic carbocycles. The number of thioether (sulfide) groups is 1. The summed E-state index contributed by atoms with van der Waals surface area (Å²) in [7, 11) is 0. The fourth-order valence-electron chi connectivity index (χ4n) is 2.45. The summed E-state index contributed by atoms with van der Waals surface area (Å²) >= 11 is 1.59. The summed E-state index contributed by atoms with van der Waals surface area (Å²) in [5, 5.41) is 8.77. The van der Waals surface area contributed by atoms with Gasteiger partial charge < -0.3 is 10.6 Å². The monoisotopic (exact) mass is 322 g/mol. The number of hydrogen-bond donors (Lipinski definition) is 2. The number of benzene rings is 2. The normalized spacial score (nSPS) is 17.4. The number of rotatable bonds is 4. The number of carbonyl (C=O) groups excluding carboxylic acids is 1. The first kappa shape index (κ1) is 16.1. The predicted octanol–water partition coefficient (Wildman–Crippen LogP) is 2.83. The molecule has 1 aliphatic heterocycles. The molecule has 5 heteroatoms. The molecule has 3 nitrogen and oxygen atoms in total. The van der Waals surface area contributed by atoms with Gasteiger partial charge in [0.2, 0.25) is 5.91 Å². The Balaban J connectivity index is 0.00000161. The maximum atomic E-state index is 11.9. The van der Waals surface area contributed by atoms with Crippen molar-refractivity contribution in [3.05, 3.63) is 42.5 Å². The van der Waals surface area contributed by atoms with Gasteiger partial charge in [0, 0.05) is 17.5 Å². The molecule has 3 rings (SSSR count). The van der Waals surface area contributed by atoms with Gasteiger partial charge >= 0.3 is 0 Å². The summed E-state index contributed by atoms with van der Waals surface area (Å²) in [6.45, 7) is 1.90. The Morgan fingerprint density at radius 2 is 2.05 bits per heavy atom. The van der Waals surface area contributed by atoms with E-state index < -0.39 is 0 Å². The number of carbonyl (C=O) groups is 1. The third kappa shape index (κ3) is 4.37. The average molecular weight is 323 g/mol. The van der Waals surface area contributed by atoms with Gasteiger partial charge in [0.25, 0.3) is 0 Å². The molecule has 0 bridgehead atoms. The smallest absolute Gasteiger partial charge is 0.230 e. The third-order valence-electron chi connectivity index (χ3n) is 3.52. The Hall–Kier alpha value is -1.23. The Labute approximate surface area is 135 Å². The average Bonchev–Trinajstić information content (AvgIpc) is 2.98. The van der Waals surface area contributed by atoms with Crippen molar-refractivity contribution in [2.45, 2.75) is 17.4 Å². The first-order chi connectivity index (χ1) is 9.81. The molecule has 1 aliphatic rings. The van der Waals surface area contributed by atoms with Crippen LogP contribution in [0.1, 0.15) is 6.42 Å². The standard InChI is InChI=1S/C16H18N2OS.ClH/c19-16(18-14-7-8-17-10-14)11-20-15-6-5-12-3-1-2-4-13(12)9-15;/h1-6,9,14,17H,7-8,10-11H2,(H,18,19);1H. The highest BCUT2D eigenvalue weighted by Crippen LogP contribution is 2.23. The van der Waals surface area contributed by atoms with Gasteiger partial charge in [0.05, 0.1) is 5.75 Å². The Bertz CT molecular complexity index is 614. The van der Waals surface area contributed by atoms with Crippen LogP contribution < -0.4 is 10.6 Å². The van der Waals surface area contributed by atoms with Gasteiger partial charge in [-0.2, -0.15) is 0 Å². The van der Waals surface area contributed by atoms with Crippen LogP contribution in [-0.2, 0) is 4.79 Å². The Kier molecular flexibility index (Phi) is 5.91. The van der Waals surface area contributed by atoms with Crippen LogP contribution in [0.2, 0.25) is 0 Å². The van der Waals surface area contributed by atoms with Crippen molar-refractivity contribution >= 4 is 40.8 Å². The topological polar surface area (TPSA) is 41.1 Å². The van der Waals surface area contributed by atoms with Crippen molar-refractivity contribution in [3.8, 4) is 0 Å². The molecular weight excluding hydrogens is 304 g/mol. The van der Waals surface area contributed by atoms with Crippen molar-refractivity contribution < 1.29 is 4.79 Å². The number of amides is 1. The quantitative estimate of drug-likeness (QED) is 0.851. The van der Waals surface area contributed by atoms with Crippen molar-refractivity contribution in [1.29, 1.82) is 0 Å². The zero-order valence-corrected chi connectivity index (χ0v) is 13.3. The first-order valence-corrected chi connectivity index (χ1v) is 7.91. The van der Waals surface area contributed by atoms with Crippen molar-refractivity contribution in [3.63, 3.8) is 0 Å². The van der Waals surface area contributed by atoms with E-state index in [2.05, 4.69) is 41.0 Å². The number of halogens is 1. The fraction of sp³-hybridized carbons (Fsp3) is 0.312. The maximum absolute atomic E-state index is 11.9. The van der Waals surface area contributed by atoms with Gasteiger partial charge in [0.15, 0.2) is 0 Å². The second kappa shape index (κ2) is 7.69. The van der Waals surface area contributed by atoms with Crippen LogP contribution >= 0.6 is 24.2 Å². The van der Waals surface area contributed by atoms with Crippen molar-refractivity contribution in [1.82, 2.24) is 10.6 Å². The van der Waals surface area contributed by atoms with Crippen LogP contribution in [0, 0.1) is 0 Å². The molecule has 1 saturated heterocycles. The lowest BCUT2D eigenvalue weighted by molar-refractivity contribution is -0.119. The highest BCUT2D eigenvalue weighted by Gasteiger charge is 2.16. The van der Waals surface area contributed by atoms with E-state index in [9.17, 15) is 4.79 Å². The minimum Gasteiger partial charge on any atom is -0.351 e. The maximum Gasteiger partial charge on any atom is 0.230 e. The summed E-state index contributed by atoms with van der Waals surface area (Å²) in [5.41, 5.74) is 0. The van der Waals surface area contributed by atoms with Gasteiger partial charge in [-0.1, -0.05) is 30.3 Å². The molecular formula is C16H19ClN2OS. The second-order valence-corrected chi connectivity index (χ2v) is 6.10. The molecule has 112 valence electrons. The van der Waals surface area contributed by atoms with E-state index in [4.69, 9.17) is 0 Å². The Morgan fingerprint density at radius 1 is 1.24 bits per heavy atom. The third-order valence-corrected chi connectivity index (χ3v) is 4.51. The van der Waals surface area contributed by atoms with Gasteiger partial charge in [0.1, 0.15) is 0 Å². The summed E-state index contributed by atoms with van der Waals surface area (Å²) in [5.74, 6) is 0.603. The molecule has 1 atom stereocenters. The summed E-state index contributed by atoms with van der Waals surface area (Å²) < 4.78 is 0. The summed E-state index contributed by atoms with van der Waals surface area (Å²) in [6, 6.07) is 14.9. The highest BCUT2D eigenvalue weighted by atomic mass is 35.5. The molecule has 0 aromatic heterocycles.